The van der Waals surface area contributed by atoms with Crippen molar-refractivity contribution in [3.8, 4) is 0 Å². The summed E-state index contributed by atoms with van der Waals surface area (Å²) in [5.74, 6) is 1.99. The molecule has 21 heavy (non-hydrogen) atoms. The minimum Gasteiger partial charge on any atom is -0.337 e. The highest BCUT2D eigenvalue weighted by atomic mass is 35.5. The third-order valence-corrected chi connectivity index (χ3v) is 6.86. The first-order valence-electron chi connectivity index (χ1n) is 6.46. The van der Waals surface area contributed by atoms with Crippen molar-refractivity contribution in [3.63, 3.8) is 0 Å². The summed E-state index contributed by atoms with van der Waals surface area (Å²) in [7, 11) is -3.28. The summed E-state index contributed by atoms with van der Waals surface area (Å²) in [6.45, 7) is 3.78. The van der Waals surface area contributed by atoms with Crippen molar-refractivity contribution in [2.24, 2.45) is 0 Å². The highest BCUT2D eigenvalue weighted by Gasteiger charge is 2.35. The van der Waals surface area contributed by atoms with Crippen LogP contribution in [-0.2, 0) is 9.84 Å². The minimum atomic E-state index is -3.28. The molecule has 1 aromatic heterocycles. The number of aromatic nitrogens is 2. The molecule has 1 saturated heterocycles. The molecule has 0 aromatic carbocycles. The number of aryl methyl sites for hydroxylation is 1. The van der Waals surface area contributed by atoms with E-state index in [1.165, 1.54) is 0 Å². The van der Waals surface area contributed by atoms with Crippen LogP contribution in [0.4, 0.5) is 5.82 Å². The van der Waals surface area contributed by atoms with Gasteiger partial charge in [-0.25, -0.2) is 18.4 Å². The number of thioether (sulfide) groups is 1. The third-order valence-electron chi connectivity index (χ3n) is 3.28. The zero-order valence-corrected chi connectivity index (χ0v) is 14.1. The van der Waals surface area contributed by atoms with E-state index in [1.54, 1.807) is 30.5 Å². The smallest absolute Gasteiger partial charge is 0.171 e. The molecule has 0 radical (unpaired) electrons. The summed E-state index contributed by atoms with van der Waals surface area (Å²) in [6, 6.07) is 0. The van der Waals surface area contributed by atoms with Gasteiger partial charge in [0.05, 0.1) is 5.56 Å². The molecule has 0 saturated carbocycles. The summed E-state index contributed by atoms with van der Waals surface area (Å²) in [5.41, 5.74) is 0.144. The number of halogens is 1. The van der Waals surface area contributed by atoms with Gasteiger partial charge in [0.2, 0.25) is 0 Å². The largest absolute Gasteiger partial charge is 0.337 e. The van der Waals surface area contributed by atoms with Crippen LogP contribution in [0.5, 0.6) is 0 Å². The van der Waals surface area contributed by atoms with E-state index in [9.17, 15) is 13.2 Å². The lowest BCUT2D eigenvalue weighted by Gasteiger charge is -2.36. The van der Waals surface area contributed by atoms with Crippen LogP contribution in [0.25, 0.3) is 0 Å². The standard InChI is InChI=1S/C12H16ClN3O3S2/c1-3-21(18,19)10-7-20-5-4-16(10)12-9(6-17)11(13)14-8(2)15-12/h6,10H,3-5,7H2,1-2H3. The first-order valence-corrected chi connectivity index (χ1v) is 9.70. The molecule has 6 nitrogen and oxygen atoms in total. The molecule has 1 atom stereocenters. The van der Waals surface area contributed by atoms with Gasteiger partial charge in [-0.05, 0) is 6.92 Å². The Balaban J connectivity index is 2.55. The normalized spacial score (nSPS) is 19.6. The predicted octanol–water partition coefficient (Wildman–Crippen LogP) is 1.56. The van der Waals surface area contributed by atoms with Crippen LogP contribution < -0.4 is 4.90 Å². The maximum absolute atomic E-state index is 12.3. The van der Waals surface area contributed by atoms with E-state index in [4.69, 9.17) is 11.6 Å². The molecule has 2 rings (SSSR count). The van der Waals surface area contributed by atoms with E-state index in [-0.39, 0.29) is 16.5 Å². The molecule has 9 heteroatoms. The van der Waals surface area contributed by atoms with Crippen molar-refractivity contribution in [2.75, 3.05) is 28.7 Å². The van der Waals surface area contributed by atoms with E-state index < -0.39 is 15.2 Å². The van der Waals surface area contributed by atoms with Gasteiger partial charge < -0.3 is 4.90 Å². The first-order chi connectivity index (χ1) is 9.90. The minimum absolute atomic E-state index is 0.0446. The second kappa shape index (κ2) is 6.50. The number of nitrogens with zero attached hydrogens (tertiary/aromatic N) is 3. The van der Waals surface area contributed by atoms with Gasteiger partial charge in [-0.1, -0.05) is 18.5 Å². The Hall–Kier alpha value is -0.860. The lowest BCUT2D eigenvalue weighted by molar-refractivity contribution is 0.112. The monoisotopic (exact) mass is 349 g/mol. The van der Waals surface area contributed by atoms with Crippen LogP contribution in [-0.4, -0.2) is 53.8 Å². The number of hydrogen-bond donors (Lipinski definition) is 0. The molecule has 1 unspecified atom stereocenters. The number of carbonyl (C=O) groups excluding carboxylic acids is 1. The number of sulfone groups is 1. The Kier molecular flexibility index (Phi) is 5.11. The average molecular weight is 350 g/mol. The summed E-state index contributed by atoms with van der Waals surface area (Å²) < 4.78 is 24.6. The molecular formula is C12H16ClN3O3S2. The predicted molar refractivity (Wildman–Crippen MR) is 85.1 cm³/mol. The van der Waals surface area contributed by atoms with Gasteiger partial charge in [0.25, 0.3) is 0 Å². The molecule has 0 amide bonds. The van der Waals surface area contributed by atoms with Gasteiger partial charge in [-0.15, -0.1) is 0 Å². The topological polar surface area (TPSA) is 80.2 Å². The molecule has 0 N–H and O–H groups in total. The number of anilines is 1. The molecule has 1 fully saturated rings. The molecule has 1 aliphatic rings. The van der Waals surface area contributed by atoms with Crippen LogP contribution in [0.2, 0.25) is 5.15 Å². The van der Waals surface area contributed by atoms with Gasteiger partial charge in [0, 0.05) is 23.8 Å². The van der Waals surface area contributed by atoms with Gasteiger partial charge >= 0.3 is 0 Å². The second-order valence-corrected chi connectivity index (χ2v) is 8.55. The molecule has 1 aromatic rings. The van der Waals surface area contributed by atoms with Crippen LogP contribution in [0, 0.1) is 6.92 Å². The van der Waals surface area contributed by atoms with Crippen molar-refractivity contribution in [1.82, 2.24) is 9.97 Å². The third kappa shape index (κ3) is 3.32. The Bertz CT molecular complexity index is 651. The lowest BCUT2D eigenvalue weighted by atomic mass is 10.3. The van der Waals surface area contributed by atoms with Crippen LogP contribution >= 0.6 is 23.4 Å². The van der Waals surface area contributed by atoms with Crippen molar-refractivity contribution in [1.29, 1.82) is 0 Å². The highest BCUT2D eigenvalue weighted by molar-refractivity contribution is 8.01. The van der Waals surface area contributed by atoms with E-state index in [2.05, 4.69) is 9.97 Å². The fourth-order valence-electron chi connectivity index (χ4n) is 2.17. The van der Waals surface area contributed by atoms with E-state index in [0.717, 1.165) is 5.75 Å². The fraction of sp³-hybridized carbons (Fsp3) is 0.583. The quantitative estimate of drug-likeness (QED) is 0.602. The molecule has 2 heterocycles. The number of carbonyl (C=O) groups is 1. The second-order valence-electron chi connectivity index (χ2n) is 4.59. The van der Waals surface area contributed by atoms with Crippen molar-refractivity contribution in [3.05, 3.63) is 16.5 Å². The molecule has 1 aliphatic heterocycles. The van der Waals surface area contributed by atoms with Crippen molar-refractivity contribution in [2.45, 2.75) is 19.2 Å². The Morgan fingerprint density at radius 3 is 2.81 bits per heavy atom. The maximum Gasteiger partial charge on any atom is 0.171 e. The first kappa shape index (κ1) is 16.5. The van der Waals surface area contributed by atoms with E-state index in [0.29, 0.717) is 30.2 Å². The van der Waals surface area contributed by atoms with Crippen LogP contribution in [0.3, 0.4) is 0 Å². The lowest BCUT2D eigenvalue weighted by Crippen LogP contribution is -2.48. The Labute approximate surface area is 133 Å². The summed E-state index contributed by atoms with van der Waals surface area (Å²) in [4.78, 5) is 21.1. The van der Waals surface area contributed by atoms with Crippen molar-refractivity contribution < 1.29 is 13.2 Å². The van der Waals surface area contributed by atoms with E-state index in [1.807, 2.05) is 0 Å². The number of hydrogen-bond acceptors (Lipinski definition) is 7. The number of aldehydes is 1. The summed E-state index contributed by atoms with van der Waals surface area (Å²) >= 11 is 7.57. The van der Waals surface area contributed by atoms with E-state index >= 15 is 0 Å². The summed E-state index contributed by atoms with van der Waals surface area (Å²) in [6.07, 6.45) is 0.578. The molecule has 116 valence electrons. The Morgan fingerprint density at radius 2 is 2.19 bits per heavy atom. The molecule has 0 aliphatic carbocycles. The average Bonchev–Trinajstić information content (AvgIpc) is 2.46. The highest BCUT2D eigenvalue weighted by Crippen LogP contribution is 2.30. The van der Waals surface area contributed by atoms with Crippen molar-refractivity contribution >= 4 is 45.3 Å². The summed E-state index contributed by atoms with van der Waals surface area (Å²) in [5, 5.41) is -0.635. The van der Waals surface area contributed by atoms with Crippen LogP contribution in [0.1, 0.15) is 23.1 Å². The van der Waals surface area contributed by atoms with Gasteiger partial charge in [0.1, 0.15) is 22.2 Å². The molecule has 0 bridgehead atoms. The van der Waals surface area contributed by atoms with Crippen LogP contribution in [0.15, 0.2) is 0 Å². The zero-order valence-electron chi connectivity index (χ0n) is 11.7. The SMILES string of the molecule is CCS(=O)(=O)C1CSCCN1c1nc(C)nc(Cl)c1C=O. The molecule has 0 spiro atoms. The van der Waals surface area contributed by atoms with Gasteiger partial charge in [0.15, 0.2) is 16.1 Å². The fourth-order valence-corrected chi connectivity index (χ4v) is 5.39. The van der Waals surface area contributed by atoms with Gasteiger partial charge in [-0.2, -0.15) is 11.8 Å². The maximum atomic E-state index is 12.3. The molecular weight excluding hydrogens is 334 g/mol. The number of rotatable bonds is 4. The van der Waals surface area contributed by atoms with Gasteiger partial charge in [-0.3, -0.25) is 4.79 Å². The Morgan fingerprint density at radius 1 is 1.48 bits per heavy atom. The zero-order chi connectivity index (χ0) is 15.6.